The van der Waals surface area contributed by atoms with Gasteiger partial charge in [0.25, 0.3) is 0 Å². The van der Waals surface area contributed by atoms with E-state index in [1.54, 1.807) is 18.2 Å². The van der Waals surface area contributed by atoms with Crippen LogP contribution in [0.1, 0.15) is 25.3 Å². The molecule has 1 aliphatic rings. The Morgan fingerprint density at radius 2 is 2.11 bits per heavy atom. The molecule has 2 atom stereocenters. The highest BCUT2D eigenvalue weighted by Crippen LogP contribution is 2.34. The highest BCUT2D eigenvalue weighted by molar-refractivity contribution is 6.42. The van der Waals surface area contributed by atoms with E-state index in [9.17, 15) is 5.26 Å². The van der Waals surface area contributed by atoms with Crippen molar-refractivity contribution in [1.82, 2.24) is 0 Å². The quantitative estimate of drug-likeness (QED) is 0.831. The minimum atomic E-state index is -0.643. The Morgan fingerprint density at radius 1 is 1.39 bits per heavy atom. The SMILES string of the molecule is CC1(C)OC[C@H]([C@H](C#N)c2ccc(Cl)c(Cl)c2)O1. The fourth-order valence-corrected chi connectivity index (χ4v) is 2.26. The van der Waals surface area contributed by atoms with E-state index in [2.05, 4.69) is 6.07 Å². The second-order valence-electron chi connectivity index (χ2n) is 4.65. The van der Waals surface area contributed by atoms with Crippen LogP contribution >= 0.6 is 23.2 Å². The summed E-state index contributed by atoms with van der Waals surface area (Å²) in [6, 6.07) is 7.41. The second-order valence-corrected chi connectivity index (χ2v) is 5.46. The van der Waals surface area contributed by atoms with Gasteiger partial charge in [0.1, 0.15) is 6.10 Å². The normalized spacial score (nSPS) is 23.6. The van der Waals surface area contributed by atoms with Crippen molar-refractivity contribution in [3.05, 3.63) is 33.8 Å². The second kappa shape index (κ2) is 5.07. The largest absolute Gasteiger partial charge is 0.348 e. The van der Waals surface area contributed by atoms with E-state index in [0.717, 1.165) is 5.56 Å². The first-order chi connectivity index (χ1) is 8.43. The molecule has 1 saturated heterocycles. The van der Waals surface area contributed by atoms with E-state index in [0.29, 0.717) is 16.7 Å². The summed E-state index contributed by atoms with van der Waals surface area (Å²) in [6.45, 7) is 4.05. The number of ether oxygens (including phenoxy) is 2. The Balaban J connectivity index is 2.24. The predicted octanol–water partition coefficient (Wildman–Crippen LogP) is 3.75. The molecule has 0 aliphatic carbocycles. The summed E-state index contributed by atoms with van der Waals surface area (Å²) in [7, 11) is 0. The number of rotatable bonds is 2. The van der Waals surface area contributed by atoms with Crippen molar-refractivity contribution in [3.63, 3.8) is 0 Å². The third kappa shape index (κ3) is 2.78. The molecule has 0 N–H and O–H groups in total. The lowest BCUT2D eigenvalue weighted by Gasteiger charge is -2.20. The molecule has 3 nitrogen and oxygen atoms in total. The molecule has 0 saturated carbocycles. The molecule has 0 radical (unpaired) electrons. The topological polar surface area (TPSA) is 42.2 Å². The van der Waals surface area contributed by atoms with Crippen LogP contribution in [0.4, 0.5) is 0 Å². The van der Waals surface area contributed by atoms with E-state index in [4.69, 9.17) is 32.7 Å². The van der Waals surface area contributed by atoms with Crippen molar-refractivity contribution < 1.29 is 9.47 Å². The Bertz CT molecular complexity index is 496. The van der Waals surface area contributed by atoms with E-state index in [-0.39, 0.29) is 6.10 Å². The lowest BCUT2D eigenvalue weighted by Crippen LogP contribution is -2.25. The number of nitriles is 1. The molecule has 18 heavy (non-hydrogen) atoms. The van der Waals surface area contributed by atoms with Gasteiger partial charge in [-0.3, -0.25) is 0 Å². The van der Waals surface area contributed by atoms with E-state index >= 15 is 0 Å². The van der Waals surface area contributed by atoms with Crippen LogP contribution in [0.3, 0.4) is 0 Å². The number of hydrogen-bond donors (Lipinski definition) is 0. The van der Waals surface area contributed by atoms with Crippen LogP contribution in [0.2, 0.25) is 10.0 Å². The number of hydrogen-bond acceptors (Lipinski definition) is 3. The molecule has 1 aromatic rings. The van der Waals surface area contributed by atoms with Gasteiger partial charge < -0.3 is 9.47 Å². The molecule has 1 aliphatic heterocycles. The molecule has 0 bridgehead atoms. The van der Waals surface area contributed by atoms with Crippen molar-refractivity contribution in [1.29, 1.82) is 5.26 Å². The average Bonchev–Trinajstić information content (AvgIpc) is 2.65. The summed E-state index contributed by atoms with van der Waals surface area (Å²) in [4.78, 5) is 0. The zero-order valence-electron chi connectivity index (χ0n) is 10.1. The van der Waals surface area contributed by atoms with Crippen molar-refractivity contribution in [2.75, 3.05) is 6.61 Å². The smallest absolute Gasteiger partial charge is 0.163 e. The molecule has 96 valence electrons. The molecule has 5 heteroatoms. The number of nitrogens with zero attached hydrogens (tertiary/aromatic N) is 1. The lowest BCUT2D eigenvalue weighted by atomic mass is 9.95. The van der Waals surface area contributed by atoms with Gasteiger partial charge in [-0.2, -0.15) is 5.26 Å². The van der Waals surface area contributed by atoms with Crippen LogP contribution in [-0.2, 0) is 9.47 Å². The first kappa shape index (κ1) is 13.6. The average molecular weight is 286 g/mol. The van der Waals surface area contributed by atoms with Gasteiger partial charge in [0.15, 0.2) is 5.79 Å². The molecular weight excluding hydrogens is 273 g/mol. The molecule has 1 fully saturated rings. The molecule has 0 amide bonds. The van der Waals surface area contributed by atoms with E-state index in [1.165, 1.54) is 0 Å². The standard InChI is InChI=1S/C13H13Cl2NO2/c1-13(2)17-7-12(18-13)9(6-16)8-3-4-10(14)11(15)5-8/h3-5,9,12H,7H2,1-2H3/t9-,12-/m1/s1. The van der Waals surface area contributed by atoms with Gasteiger partial charge in [0.05, 0.1) is 28.6 Å². The van der Waals surface area contributed by atoms with Crippen LogP contribution in [0.25, 0.3) is 0 Å². The van der Waals surface area contributed by atoms with Crippen LogP contribution in [0.5, 0.6) is 0 Å². The summed E-state index contributed by atoms with van der Waals surface area (Å²) >= 11 is 11.8. The van der Waals surface area contributed by atoms with Crippen LogP contribution < -0.4 is 0 Å². The van der Waals surface area contributed by atoms with Crippen molar-refractivity contribution in [3.8, 4) is 6.07 Å². The fraction of sp³-hybridized carbons (Fsp3) is 0.462. The monoisotopic (exact) mass is 285 g/mol. The van der Waals surface area contributed by atoms with Gasteiger partial charge in [-0.25, -0.2) is 0 Å². The zero-order valence-corrected chi connectivity index (χ0v) is 11.6. The molecule has 1 heterocycles. The molecule has 1 aromatic carbocycles. The Kier molecular flexibility index (Phi) is 3.84. The van der Waals surface area contributed by atoms with Gasteiger partial charge in [-0.15, -0.1) is 0 Å². The first-order valence-corrected chi connectivity index (χ1v) is 6.35. The molecule has 0 aromatic heterocycles. The van der Waals surface area contributed by atoms with E-state index in [1.807, 2.05) is 13.8 Å². The minimum Gasteiger partial charge on any atom is -0.348 e. The van der Waals surface area contributed by atoms with Crippen molar-refractivity contribution in [2.24, 2.45) is 0 Å². The molecule has 2 rings (SSSR count). The molecule has 0 spiro atoms. The van der Waals surface area contributed by atoms with Crippen molar-refractivity contribution in [2.45, 2.75) is 31.7 Å². The third-order valence-corrected chi connectivity index (χ3v) is 3.58. The minimum absolute atomic E-state index is 0.290. The van der Waals surface area contributed by atoms with Crippen LogP contribution in [0, 0.1) is 11.3 Å². The summed E-state index contributed by atoms with van der Waals surface area (Å²) in [5.41, 5.74) is 0.790. The lowest BCUT2D eigenvalue weighted by molar-refractivity contribution is -0.139. The molecular formula is C13H13Cl2NO2. The van der Waals surface area contributed by atoms with Crippen LogP contribution in [0.15, 0.2) is 18.2 Å². The maximum Gasteiger partial charge on any atom is 0.163 e. The Labute approximate surface area is 116 Å². The summed E-state index contributed by atoms with van der Waals surface area (Å²) in [6.07, 6.45) is -0.290. The highest BCUT2D eigenvalue weighted by atomic mass is 35.5. The summed E-state index contributed by atoms with van der Waals surface area (Å²) < 4.78 is 11.2. The van der Waals surface area contributed by atoms with E-state index < -0.39 is 11.7 Å². The first-order valence-electron chi connectivity index (χ1n) is 5.59. The van der Waals surface area contributed by atoms with Gasteiger partial charge in [0, 0.05) is 0 Å². The summed E-state index contributed by atoms with van der Waals surface area (Å²) in [5, 5.41) is 10.2. The zero-order chi connectivity index (χ0) is 13.3. The summed E-state index contributed by atoms with van der Waals surface area (Å²) in [5.74, 6) is -1.06. The number of halogens is 2. The predicted molar refractivity (Wildman–Crippen MR) is 69.7 cm³/mol. The number of benzene rings is 1. The van der Waals surface area contributed by atoms with Crippen LogP contribution in [-0.4, -0.2) is 18.5 Å². The van der Waals surface area contributed by atoms with Gasteiger partial charge in [0.2, 0.25) is 0 Å². The fourth-order valence-electron chi connectivity index (χ4n) is 1.96. The molecule has 0 unspecified atom stereocenters. The van der Waals surface area contributed by atoms with Crippen molar-refractivity contribution >= 4 is 23.2 Å². The van der Waals surface area contributed by atoms with Gasteiger partial charge in [-0.05, 0) is 31.5 Å². The van der Waals surface area contributed by atoms with Gasteiger partial charge in [-0.1, -0.05) is 29.3 Å². The maximum atomic E-state index is 9.31. The highest BCUT2D eigenvalue weighted by Gasteiger charge is 2.38. The Hall–Kier alpha value is -0.790. The van der Waals surface area contributed by atoms with Gasteiger partial charge >= 0.3 is 0 Å². The third-order valence-electron chi connectivity index (χ3n) is 2.84. The Morgan fingerprint density at radius 3 is 2.61 bits per heavy atom. The maximum absolute atomic E-state index is 9.31.